The van der Waals surface area contributed by atoms with Crippen LogP contribution < -0.4 is 19.8 Å². The highest BCUT2D eigenvalue weighted by Crippen LogP contribution is 2.44. The fourth-order valence-corrected chi connectivity index (χ4v) is 5.49. The molecule has 0 saturated carbocycles. The average Bonchev–Trinajstić information content (AvgIpc) is 3.43. The van der Waals surface area contributed by atoms with Gasteiger partial charge in [0.2, 0.25) is 10.9 Å². The first-order valence-electron chi connectivity index (χ1n) is 11.9. The molecule has 0 spiro atoms. The summed E-state index contributed by atoms with van der Waals surface area (Å²) in [5.41, 5.74) is 3.09. The van der Waals surface area contributed by atoms with Crippen molar-refractivity contribution < 1.29 is 18.7 Å². The molecule has 8 nitrogen and oxygen atoms in total. The van der Waals surface area contributed by atoms with Crippen LogP contribution in [-0.4, -0.2) is 29.8 Å². The van der Waals surface area contributed by atoms with Gasteiger partial charge in [-0.25, -0.2) is 0 Å². The molecule has 1 amide bonds. The van der Waals surface area contributed by atoms with Crippen LogP contribution in [0, 0.1) is 13.8 Å². The van der Waals surface area contributed by atoms with Gasteiger partial charge in [0.05, 0.1) is 30.7 Å². The van der Waals surface area contributed by atoms with Crippen LogP contribution in [0.5, 0.6) is 11.5 Å². The van der Waals surface area contributed by atoms with Crippen molar-refractivity contribution in [2.75, 3.05) is 18.6 Å². The summed E-state index contributed by atoms with van der Waals surface area (Å²) in [6, 6.07) is 8.30. The highest BCUT2D eigenvalue weighted by atomic mass is 32.1. The Morgan fingerprint density at radius 2 is 1.83 bits per heavy atom. The van der Waals surface area contributed by atoms with Crippen LogP contribution in [0.25, 0.3) is 11.0 Å². The van der Waals surface area contributed by atoms with Gasteiger partial charge in [-0.3, -0.25) is 14.5 Å². The maximum absolute atomic E-state index is 13.9. The van der Waals surface area contributed by atoms with E-state index in [4.69, 9.17) is 13.9 Å². The van der Waals surface area contributed by atoms with Gasteiger partial charge in [-0.05, 0) is 68.1 Å². The molecule has 9 heteroatoms. The molecule has 3 heterocycles. The third-order valence-electron chi connectivity index (χ3n) is 6.42. The number of methoxy groups -OCH3 is 1. The van der Waals surface area contributed by atoms with E-state index in [1.165, 1.54) is 16.2 Å². The molecule has 0 saturated heterocycles. The van der Waals surface area contributed by atoms with Crippen LogP contribution in [0.15, 0.2) is 39.5 Å². The van der Waals surface area contributed by atoms with E-state index in [2.05, 4.69) is 17.1 Å². The predicted molar refractivity (Wildman–Crippen MR) is 139 cm³/mol. The van der Waals surface area contributed by atoms with E-state index in [9.17, 15) is 9.59 Å². The van der Waals surface area contributed by atoms with Gasteiger partial charge in [-0.1, -0.05) is 24.3 Å². The van der Waals surface area contributed by atoms with Crippen LogP contribution in [-0.2, 0) is 6.42 Å². The van der Waals surface area contributed by atoms with Crippen molar-refractivity contribution in [1.82, 2.24) is 10.2 Å². The molecule has 2 aromatic carbocycles. The molecule has 1 atom stereocenters. The lowest BCUT2D eigenvalue weighted by Gasteiger charge is -2.23. The molecule has 5 rings (SSSR count). The van der Waals surface area contributed by atoms with Gasteiger partial charge < -0.3 is 13.9 Å². The average molecular weight is 506 g/mol. The summed E-state index contributed by atoms with van der Waals surface area (Å²) in [6.07, 6.45) is 1.67. The van der Waals surface area contributed by atoms with Crippen LogP contribution in [0.4, 0.5) is 5.13 Å². The summed E-state index contributed by atoms with van der Waals surface area (Å²) >= 11 is 1.35. The normalized spacial score (nSPS) is 15.0. The number of ether oxygens (including phenoxy) is 2. The highest BCUT2D eigenvalue weighted by molar-refractivity contribution is 7.15. The molecule has 0 aliphatic carbocycles. The van der Waals surface area contributed by atoms with Gasteiger partial charge in [0.15, 0.2) is 16.9 Å². The Balaban J connectivity index is 1.76. The summed E-state index contributed by atoms with van der Waals surface area (Å²) in [6.45, 7) is 8.33. The molecule has 1 unspecified atom stereocenters. The van der Waals surface area contributed by atoms with Crippen LogP contribution in [0.1, 0.15) is 64.1 Å². The standard InChI is InChI=1S/C27H27N3O5S/c1-6-8-21-28-29-27(36-21)30-23(16-9-10-18(34-7-2)20(13-16)33-5)22-24(31)17-11-14(3)15(4)12-19(17)35-25(22)26(30)32/h9-13,23H,6-8H2,1-5H3. The van der Waals surface area contributed by atoms with Crippen molar-refractivity contribution in [3.05, 3.63) is 73.6 Å². The summed E-state index contributed by atoms with van der Waals surface area (Å²) in [5, 5.41) is 10.3. The van der Waals surface area contributed by atoms with E-state index < -0.39 is 11.9 Å². The number of rotatable bonds is 7. The minimum atomic E-state index is -0.748. The Morgan fingerprint density at radius 3 is 2.56 bits per heavy atom. The molecule has 0 radical (unpaired) electrons. The summed E-state index contributed by atoms with van der Waals surface area (Å²) < 4.78 is 17.4. The number of hydrogen-bond acceptors (Lipinski definition) is 8. The van der Waals surface area contributed by atoms with E-state index >= 15 is 0 Å². The fourth-order valence-electron chi connectivity index (χ4n) is 4.53. The number of fused-ring (bicyclic) bond motifs is 2. The van der Waals surface area contributed by atoms with Gasteiger partial charge in [-0.2, -0.15) is 0 Å². The second-order valence-electron chi connectivity index (χ2n) is 8.76. The third kappa shape index (κ3) is 3.83. The number of hydrogen-bond donors (Lipinski definition) is 0. The van der Waals surface area contributed by atoms with Gasteiger partial charge in [-0.15, -0.1) is 10.2 Å². The number of carbonyl (C=O) groups excluding carboxylic acids is 1. The number of nitrogens with zero attached hydrogens (tertiary/aromatic N) is 3. The predicted octanol–water partition coefficient (Wildman–Crippen LogP) is 5.37. The number of carbonyl (C=O) groups is 1. The Morgan fingerprint density at radius 1 is 1.06 bits per heavy atom. The van der Waals surface area contributed by atoms with E-state index in [0.717, 1.165) is 29.0 Å². The van der Waals surface area contributed by atoms with Crippen molar-refractivity contribution in [3.63, 3.8) is 0 Å². The van der Waals surface area contributed by atoms with E-state index in [0.29, 0.717) is 39.8 Å². The Hall–Kier alpha value is -3.72. The van der Waals surface area contributed by atoms with E-state index in [-0.39, 0.29) is 16.8 Å². The summed E-state index contributed by atoms with van der Waals surface area (Å²) in [7, 11) is 1.56. The molecule has 186 valence electrons. The van der Waals surface area contributed by atoms with Crippen LogP contribution in [0.3, 0.4) is 0 Å². The Labute approximate surface area is 212 Å². The molecule has 1 aliphatic heterocycles. The number of aromatic nitrogens is 2. The lowest BCUT2D eigenvalue weighted by molar-refractivity contribution is 0.0970. The second-order valence-corrected chi connectivity index (χ2v) is 9.80. The maximum Gasteiger partial charge on any atom is 0.297 e. The molecule has 0 bridgehead atoms. The summed E-state index contributed by atoms with van der Waals surface area (Å²) in [5.74, 6) is 0.702. The van der Waals surface area contributed by atoms with Crippen molar-refractivity contribution in [2.45, 2.75) is 46.6 Å². The SMILES string of the molecule is CCCc1nnc(N2C(=O)c3oc4cc(C)c(C)cc4c(=O)c3C2c2ccc(OCC)c(OC)c2)s1. The van der Waals surface area contributed by atoms with E-state index in [1.807, 2.05) is 39.0 Å². The quantitative estimate of drug-likeness (QED) is 0.333. The number of benzene rings is 2. The molecule has 0 fully saturated rings. The van der Waals surface area contributed by atoms with Crippen molar-refractivity contribution in [2.24, 2.45) is 0 Å². The molecular formula is C27H27N3O5S. The van der Waals surface area contributed by atoms with Gasteiger partial charge in [0.1, 0.15) is 10.6 Å². The molecular weight excluding hydrogens is 478 g/mol. The first-order chi connectivity index (χ1) is 17.4. The maximum atomic E-state index is 13.9. The smallest absolute Gasteiger partial charge is 0.297 e. The van der Waals surface area contributed by atoms with Crippen LogP contribution >= 0.6 is 11.3 Å². The Bertz CT molecular complexity index is 1540. The number of anilines is 1. The highest BCUT2D eigenvalue weighted by Gasteiger charge is 2.45. The minimum Gasteiger partial charge on any atom is -0.493 e. The zero-order chi connectivity index (χ0) is 25.6. The molecule has 2 aromatic heterocycles. The topological polar surface area (TPSA) is 94.8 Å². The van der Waals surface area contributed by atoms with Gasteiger partial charge >= 0.3 is 0 Å². The van der Waals surface area contributed by atoms with Crippen molar-refractivity contribution in [3.8, 4) is 11.5 Å². The first-order valence-corrected chi connectivity index (χ1v) is 12.7. The minimum absolute atomic E-state index is 0.0286. The second kappa shape index (κ2) is 9.39. The van der Waals surface area contributed by atoms with Gasteiger partial charge in [0.25, 0.3) is 5.91 Å². The largest absolute Gasteiger partial charge is 0.493 e. The van der Waals surface area contributed by atoms with E-state index in [1.54, 1.807) is 19.2 Å². The van der Waals surface area contributed by atoms with Gasteiger partial charge in [0, 0.05) is 6.42 Å². The zero-order valence-corrected chi connectivity index (χ0v) is 21.7. The zero-order valence-electron chi connectivity index (χ0n) is 20.9. The van der Waals surface area contributed by atoms with Crippen molar-refractivity contribution >= 4 is 33.3 Å². The first kappa shape index (κ1) is 24.0. The van der Waals surface area contributed by atoms with Crippen molar-refractivity contribution in [1.29, 1.82) is 0 Å². The van der Waals surface area contributed by atoms with Crippen LogP contribution in [0.2, 0.25) is 0 Å². The summed E-state index contributed by atoms with van der Waals surface area (Å²) in [4.78, 5) is 29.2. The molecule has 36 heavy (non-hydrogen) atoms. The third-order valence-corrected chi connectivity index (χ3v) is 7.40. The molecule has 1 aliphatic rings. The molecule has 0 N–H and O–H groups in total. The monoisotopic (exact) mass is 505 g/mol. The lowest BCUT2D eigenvalue weighted by atomic mass is 9.97. The fraction of sp³-hybridized carbons (Fsp3) is 0.333. The molecule has 4 aromatic rings. The Kier molecular flexibility index (Phi) is 6.26. The number of amides is 1. The number of aryl methyl sites for hydroxylation is 3. The lowest BCUT2D eigenvalue weighted by Crippen LogP contribution is -2.29.